The van der Waals surface area contributed by atoms with Gasteiger partial charge in [-0.05, 0) is 36.4 Å². The second-order valence-electron chi connectivity index (χ2n) is 5.98. The van der Waals surface area contributed by atoms with Crippen molar-refractivity contribution in [2.45, 2.75) is 0 Å². The number of nitrogens with one attached hydrogen (secondary N) is 1. The van der Waals surface area contributed by atoms with E-state index in [0.29, 0.717) is 11.4 Å². The van der Waals surface area contributed by atoms with Gasteiger partial charge in [0.1, 0.15) is 11.3 Å². The number of hydrogen-bond donors (Lipinski definition) is 3. The smallest absolute Gasteiger partial charge is 0.446 e. The number of fused-ring (bicyclic) bond motifs is 2. The van der Waals surface area contributed by atoms with Crippen molar-refractivity contribution in [2.24, 2.45) is 5.10 Å². The molecule has 3 N–H and O–H groups in total. The average Bonchev–Trinajstić information content (AvgIpc) is 2.69. The lowest BCUT2D eigenvalue weighted by atomic mass is 10.1. The summed E-state index contributed by atoms with van der Waals surface area (Å²) < 4.78 is 35.4. The predicted octanol–water partition coefficient (Wildman–Crippen LogP) is 3.12. The number of benzene rings is 2. The number of rotatable bonds is 5. The van der Waals surface area contributed by atoms with E-state index in [0.717, 1.165) is 10.9 Å². The lowest BCUT2D eigenvalue weighted by Gasteiger charge is -2.07. The Bertz CT molecular complexity index is 1350. The van der Waals surface area contributed by atoms with Crippen molar-refractivity contribution >= 4 is 44.1 Å². The highest BCUT2D eigenvalue weighted by atomic mass is 32.3. The minimum Gasteiger partial charge on any atom is -0.506 e. The van der Waals surface area contributed by atoms with Crippen LogP contribution in [0.25, 0.3) is 21.8 Å². The summed E-state index contributed by atoms with van der Waals surface area (Å²) in [4.78, 5) is 8.58. The molecular formula is C19H14N4O5S. The molecule has 2 heterocycles. The second kappa shape index (κ2) is 7.34. The molecule has 0 saturated heterocycles. The molecule has 2 aromatic heterocycles. The second-order valence-corrected chi connectivity index (χ2v) is 7.00. The monoisotopic (exact) mass is 410 g/mol. The lowest BCUT2D eigenvalue weighted by Crippen LogP contribution is -2.07. The number of aromatic hydroxyl groups is 1. The van der Waals surface area contributed by atoms with Crippen LogP contribution in [0.3, 0.4) is 0 Å². The van der Waals surface area contributed by atoms with Crippen LogP contribution < -0.4 is 9.61 Å². The van der Waals surface area contributed by atoms with E-state index in [1.807, 2.05) is 30.3 Å². The highest BCUT2D eigenvalue weighted by Gasteiger charge is 2.14. The molecule has 9 nitrogen and oxygen atoms in total. The molecule has 10 heteroatoms. The number of aromatic nitrogens is 2. The van der Waals surface area contributed by atoms with E-state index in [1.165, 1.54) is 24.4 Å². The maximum atomic E-state index is 11.0. The normalized spacial score (nSPS) is 11.9. The Kier molecular flexibility index (Phi) is 4.71. The standard InChI is InChI=1S/C19H14N4O5S/c24-16-8-9-17(28-29(25,26)27)14-7-6-13(22-19(14)16)11-21-23-15-5-1-3-12-4-2-10-20-18(12)15/h1-11,23-24H,(H,25,26,27)/b21-11-. The van der Waals surface area contributed by atoms with Crippen LogP contribution >= 0.6 is 0 Å². The van der Waals surface area contributed by atoms with Crippen molar-refractivity contribution in [3.63, 3.8) is 0 Å². The van der Waals surface area contributed by atoms with Gasteiger partial charge >= 0.3 is 10.4 Å². The first kappa shape index (κ1) is 18.6. The Morgan fingerprint density at radius 1 is 1.03 bits per heavy atom. The van der Waals surface area contributed by atoms with Crippen LogP contribution in [0, 0.1) is 0 Å². The molecule has 0 atom stereocenters. The molecule has 0 bridgehead atoms. The van der Waals surface area contributed by atoms with E-state index < -0.39 is 10.4 Å². The Morgan fingerprint density at radius 3 is 2.69 bits per heavy atom. The zero-order valence-electron chi connectivity index (χ0n) is 14.7. The van der Waals surface area contributed by atoms with Crippen molar-refractivity contribution in [2.75, 3.05) is 5.43 Å². The summed E-state index contributed by atoms with van der Waals surface area (Å²) in [7, 11) is -4.71. The molecule has 4 rings (SSSR count). The molecule has 0 aliphatic rings. The molecular weight excluding hydrogens is 396 g/mol. The van der Waals surface area contributed by atoms with Gasteiger partial charge in [0.15, 0.2) is 5.75 Å². The van der Waals surface area contributed by atoms with Crippen molar-refractivity contribution in [1.82, 2.24) is 9.97 Å². The first-order chi connectivity index (χ1) is 13.9. The van der Waals surface area contributed by atoms with E-state index in [1.54, 1.807) is 12.3 Å². The van der Waals surface area contributed by atoms with Gasteiger partial charge in [-0.1, -0.05) is 18.2 Å². The average molecular weight is 410 g/mol. The molecule has 146 valence electrons. The molecule has 0 fully saturated rings. The summed E-state index contributed by atoms with van der Waals surface area (Å²) in [5.74, 6) is -0.333. The van der Waals surface area contributed by atoms with Crippen molar-refractivity contribution < 1.29 is 22.3 Å². The summed E-state index contributed by atoms with van der Waals surface area (Å²) in [5.41, 5.74) is 4.89. The molecule has 0 spiro atoms. The van der Waals surface area contributed by atoms with E-state index in [9.17, 15) is 13.5 Å². The molecule has 0 aliphatic carbocycles. The van der Waals surface area contributed by atoms with Crippen molar-refractivity contribution in [1.29, 1.82) is 0 Å². The van der Waals surface area contributed by atoms with Gasteiger partial charge in [-0.25, -0.2) is 4.98 Å². The number of phenolic OH excluding ortho intramolecular Hbond substituents is 1. The molecule has 2 aromatic carbocycles. The quantitative estimate of drug-likeness (QED) is 0.260. The van der Waals surface area contributed by atoms with Gasteiger partial charge < -0.3 is 9.29 Å². The number of nitrogens with zero attached hydrogens (tertiary/aromatic N) is 3. The van der Waals surface area contributed by atoms with Crippen LogP contribution in [0.1, 0.15) is 5.69 Å². The van der Waals surface area contributed by atoms with Crippen LogP contribution in [0.2, 0.25) is 0 Å². The lowest BCUT2D eigenvalue weighted by molar-refractivity contribution is 0.388. The molecule has 0 unspecified atom stereocenters. The van der Waals surface area contributed by atoms with Crippen LogP contribution in [0.5, 0.6) is 11.5 Å². The van der Waals surface area contributed by atoms with Crippen LogP contribution in [-0.2, 0) is 10.4 Å². The molecule has 4 aromatic rings. The van der Waals surface area contributed by atoms with Gasteiger partial charge in [-0.3, -0.25) is 15.0 Å². The number of pyridine rings is 2. The zero-order chi connectivity index (χ0) is 20.4. The van der Waals surface area contributed by atoms with Gasteiger partial charge in [-0.15, -0.1) is 0 Å². The number of hydrazone groups is 1. The van der Waals surface area contributed by atoms with Gasteiger partial charge in [-0.2, -0.15) is 13.5 Å². The minimum absolute atomic E-state index is 0.0990. The summed E-state index contributed by atoms with van der Waals surface area (Å²) in [6.07, 6.45) is 3.13. The molecule has 0 aliphatic heterocycles. The van der Waals surface area contributed by atoms with Crippen LogP contribution in [-0.4, -0.2) is 34.3 Å². The zero-order valence-corrected chi connectivity index (χ0v) is 15.5. The fraction of sp³-hybridized carbons (Fsp3) is 0. The first-order valence-electron chi connectivity index (χ1n) is 8.33. The fourth-order valence-electron chi connectivity index (χ4n) is 2.81. The Hall–Kier alpha value is -3.76. The Labute approximate surface area is 165 Å². The largest absolute Gasteiger partial charge is 0.506 e. The molecule has 29 heavy (non-hydrogen) atoms. The van der Waals surface area contributed by atoms with Crippen molar-refractivity contribution in [3.05, 3.63) is 66.5 Å². The Balaban J connectivity index is 1.64. The number of anilines is 1. The van der Waals surface area contributed by atoms with Crippen LogP contribution in [0.4, 0.5) is 5.69 Å². The summed E-state index contributed by atoms with van der Waals surface area (Å²) in [5, 5.41) is 15.4. The van der Waals surface area contributed by atoms with E-state index in [-0.39, 0.29) is 22.4 Å². The maximum Gasteiger partial charge on any atom is 0.446 e. The first-order valence-corrected chi connectivity index (χ1v) is 9.70. The predicted molar refractivity (Wildman–Crippen MR) is 109 cm³/mol. The van der Waals surface area contributed by atoms with Gasteiger partial charge in [0.05, 0.1) is 23.1 Å². The summed E-state index contributed by atoms with van der Waals surface area (Å²) in [6, 6.07) is 15.0. The van der Waals surface area contributed by atoms with Gasteiger partial charge in [0, 0.05) is 17.0 Å². The summed E-state index contributed by atoms with van der Waals surface area (Å²) in [6.45, 7) is 0. The topological polar surface area (TPSA) is 134 Å². The number of phenols is 1. The number of para-hydroxylation sites is 1. The molecule has 0 saturated carbocycles. The molecule has 0 radical (unpaired) electrons. The Morgan fingerprint density at radius 2 is 1.86 bits per heavy atom. The van der Waals surface area contributed by atoms with Crippen LogP contribution in [0.15, 0.2) is 65.9 Å². The van der Waals surface area contributed by atoms with Crippen molar-refractivity contribution in [3.8, 4) is 11.5 Å². The third-order valence-corrected chi connectivity index (χ3v) is 4.42. The fourth-order valence-corrected chi connectivity index (χ4v) is 3.18. The van der Waals surface area contributed by atoms with E-state index >= 15 is 0 Å². The third kappa shape index (κ3) is 4.08. The highest BCUT2D eigenvalue weighted by molar-refractivity contribution is 7.81. The third-order valence-electron chi connectivity index (χ3n) is 4.03. The van der Waals surface area contributed by atoms with E-state index in [4.69, 9.17) is 4.55 Å². The van der Waals surface area contributed by atoms with Gasteiger partial charge in [0.2, 0.25) is 0 Å². The molecule has 0 amide bonds. The van der Waals surface area contributed by atoms with E-state index in [2.05, 4.69) is 24.7 Å². The van der Waals surface area contributed by atoms with Gasteiger partial charge in [0.25, 0.3) is 0 Å². The SMILES string of the molecule is O=S(=O)(O)Oc1ccc(O)c2nc(/C=N\Nc3cccc4cccnc34)ccc12. The minimum atomic E-state index is -4.71. The highest BCUT2D eigenvalue weighted by Crippen LogP contribution is 2.31. The number of hydrogen-bond acceptors (Lipinski definition) is 8. The summed E-state index contributed by atoms with van der Waals surface area (Å²) >= 11 is 0. The maximum absolute atomic E-state index is 11.0.